The fourth-order valence-corrected chi connectivity index (χ4v) is 4.04. The number of hydrogen-bond donors (Lipinski definition) is 0. The fourth-order valence-electron chi connectivity index (χ4n) is 4.04. The molecule has 0 aromatic heterocycles. The van der Waals surface area contributed by atoms with Crippen molar-refractivity contribution >= 4 is 5.69 Å². The lowest BCUT2D eigenvalue weighted by atomic mass is 10.1. The SMILES string of the molecule is CC(C)CN1CCN(Cc2cc(C(F)(F)F)ccc2N2CCCC2)CC1. The van der Waals surface area contributed by atoms with E-state index in [1.807, 2.05) is 0 Å². The van der Waals surface area contributed by atoms with Crippen LogP contribution in [0.5, 0.6) is 0 Å². The first-order valence-corrected chi connectivity index (χ1v) is 9.72. The van der Waals surface area contributed by atoms with Gasteiger partial charge in [-0.05, 0) is 42.5 Å². The second-order valence-electron chi connectivity index (χ2n) is 8.01. The molecule has 0 N–H and O–H groups in total. The van der Waals surface area contributed by atoms with E-state index < -0.39 is 11.7 Å². The van der Waals surface area contributed by atoms with Gasteiger partial charge in [0, 0.05) is 58.0 Å². The molecule has 0 radical (unpaired) electrons. The molecule has 2 saturated heterocycles. The third-order valence-electron chi connectivity index (χ3n) is 5.34. The lowest BCUT2D eigenvalue weighted by Crippen LogP contribution is -2.47. The Kier molecular flexibility index (Phi) is 6.13. The van der Waals surface area contributed by atoms with Gasteiger partial charge in [0.2, 0.25) is 0 Å². The summed E-state index contributed by atoms with van der Waals surface area (Å²) in [4.78, 5) is 6.99. The molecule has 3 nitrogen and oxygen atoms in total. The van der Waals surface area contributed by atoms with Gasteiger partial charge < -0.3 is 9.80 Å². The van der Waals surface area contributed by atoms with Crippen LogP contribution in [0.25, 0.3) is 0 Å². The molecule has 0 aliphatic carbocycles. The molecule has 0 saturated carbocycles. The van der Waals surface area contributed by atoms with Gasteiger partial charge in [0.25, 0.3) is 0 Å². The lowest BCUT2D eigenvalue weighted by molar-refractivity contribution is -0.137. The predicted molar refractivity (Wildman–Crippen MR) is 99.4 cm³/mol. The van der Waals surface area contributed by atoms with Crippen LogP contribution in [0.3, 0.4) is 0 Å². The molecule has 0 unspecified atom stereocenters. The number of rotatable bonds is 5. The van der Waals surface area contributed by atoms with Gasteiger partial charge in [-0.1, -0.05) is 13.8 Å². The van der Waals surface area contributed by atoms with Crippen LogP contribution < -0.4 is 4.90 Å². The maximum atomic E-state index is 13.2. The average molecular weight is 369 g/mol. The number of piperazine rings is 1. The Balaban J connectivity index is 1.72. The summed E-state index contributed by atoms with van der Waals surface area (Å²) in [5.41, 5.74) is 1.27. The van der Waals surface area contributed by atoms with Crippen LogP contribution in [0.2, 0.25) is 0 Å². The fraction of sp³-hybridized carbons (Fsp3) is 0.700. The van der Waals surface area contributed by atoms with E-state index in [2.05, 4.69) is 28.5 Å². The number of anilines is 1. The van der Waals surface area contributed by atoms with E-state index in [1.54, 1.807) is 6.07 Å². The molecule has 146 valence electrons. The van der Waals surface area contributed by atoms with Crippen molar-refractivity contribution in [2.45, 2.75) is 39.4 Å². The van der Waals surface area contributed by atoms with Crippen LogP contribution >= 0.6 is 0 Å². The normalized spacial score (nSPS) is 20.3. The van der Waals surface area contributed by atoms with Crippen LogP contribution in [0.1, 0.15) is 37.8 Å². The van der Waals surface area contributed by atoms with E-state index in [0.29, 0.717) is 12.5 Å². The minimum Gasteiger partial charge on any atom is -0.371 e. The molecule has 0 spiro atoms. The van der Waals surface area contributed by atoms with E-state index >= 15 is 0 Å². The van der Waals surface area contributed by atoms with Gasteiger partial charge in [-0.2, -0.15) is 13.2 Å². The molecule has 0 atom stereocenters. The number of alkyl halides is 3. The number of hydrogen-bond acceptors (Lipinski definition) is 3. The molecule has 2 aliphatic rings. The molecule has 1 aromatic carbocycles. The molecule has 2 aliphatic heterocycles. The Morgan fingerprint density at radius 1 is 0.923 bits per heavy atom. The Bertz CT molecular complexity index is 586. The first-order valence-electron chi connectivity index (χ1n) is 9.72. The zero-order valence-corrected chi connectivity index (χ0v) is 15.9. The van der Waals surface area contributed by atoms with Crippen molar-refractivity contribution in [3.63, 3.8) is 0 Å². The van der Waals surface area contributed by atoms with Gasteiger partial charge in [-0.3, -0.25) is 4.90 Å². The highest BCUT2D eigenvalue weighted by Gasteiger charge is 2.32. The molecular formula is C20H30F3N3. The number of halogens is 3. The Morgan fingerprint density at radius 3 is 2.12 bits per heavy atom. The summed E-state index contributed by atoms with van der Waals surface area (Å²) in [6, 6.07) is 4.28. The molecule has 0 bridgehead atoms. The number of benzene rings is 1. The van der Waals surface area contributed by atoms with Gasteiger partial charge in [0.1, 0.15) is 0 Å². The second-order valence-corrected chi connectivity index (χ2v) is 8.01. The molecular weight excluding hydrogens is 339 g/mol. The highest BCUT2D eigenvalue weighted by Crippen LogP contribution is 2.34. The zero-order chi connectivity index (χ0) is 18.7. The molecule has 6 heteroatoms. The maximum absolute atomic E-state index is 13.2. The summed E-state index contributed by atoms with van der Waals surface area (Å²) in [5.74, 6) is 0.645. The summed E-state index contributed by atoms with van der Waals surface area (Å²) < 4.78 is 39.6. The molecule has 1 aromatic rings. The molecule has 26 heavy (non-hydrogen) atoms. The van der Waals surface area contributed by atoms with Crippen molar-refractivity contribution in [3.05, 3.63) is 29.3 Å². The summed E-state index contributed by atoms with van der Waals surface area (Å²) in [6.45, 7) is 11.9. The highest BCUT2D eigenvalue weighted by molar-refractivity contribution is 5.56. The van der Waals surface area contributed by atoms with E-state index in [1.165, 1.54) is 12.1 Å². The third kappa shape index (κ3) is 4.92. The first-order chi connectivity index (χ1) is 12.3. The van der Waals surface area contributed by atoms with Crippen molar-refractivity contribution in [1.82, 2.24) is 9.80 Å². The topological polar surface area (TPSA) is 9.72 Å². The predicted octanol–water partition coefficient (Wildman–Crippen LogP) is 4.08. The van der Waals surface area contributed by atoms with Crippen molar-refractivity contribution in [2.24, 2.45) is 5.92 Å². The van der Waals surface area contributed by atoms with Crippen molar-refractivity contribution in [3.8, 4) is 0 Å². The summed E-state index contributed by atoms with van der Waals surface area (Å²) in [7, 11) is 0. The van der Waals surface area contributed by atoms with Crippen LogP contribution in [0.4, 0.5) is 18.9 Å². The lowest BCUT2D eigenvalue weighted by Gasteiger charge is -2.36. The quantitative estimate of drug-likeness (QED) is 0.774. The molecule has 3 rings (SSSR count). The first kappa shape index (κ1) is 19.5. The minimum atomic E-state index is -4.28. The second kappa shape index (κ2) is 8.17. The number of nitrogens with zero attached hydrogens (tertiary/aromatic N) is 3. The zero-order valence-electron chi connectivity index (χ0n) is 15.9. The van der Waals surface area contributed by atoms with Gasteiger partial charge in [-0.25, -0.2) is 0 Å². The van der Waals surface area contributed by atoms with Crippen LogP contribution in [0, 0.1) is 5.92 Å². The van der Waals surface area contributed by atoms with Crippen molar-refractivity contribution in [1.29, 1.82) is 0 Å². The Hall–Kier alpha value is -1.27. The Morgan fingerprint density at radius 2 is 1.54 bits per heavy atom. The standard InChI is InChI=1S/C20H30F3N3/c1-16(2)14-24-9-11-25(12-10-24)15-17-13-18(20(21,22)23)5-6-19(17)26-7-3-4-8-26/h5-6,13,16H,3-4,7-12,14-15H2,1-2H3. The maximum Gasteiger partial charge on any atom is 0.416 e. The van der Waals surface area contributed by atoms with E-state index in [4.69, 9.17) is 0 Å². The molecule has 0 amide bonds. The monoisotopic (exact) mass is 369 g/mol. The van der Waals surface area contributed by atoms with Gasteiger partial charge in [0.15, 0.2) is 0 Å². The van der Waals surface area contributed by atoms with Gasteiger partial charge >= 0.3 is 6.18 Å². The summed E-state index contributed by atoms with van der Waals surface area (Å²) in [5, 5.41) is 0. The smallest absolute Gasteiger partial charge is 0.371 e. The third-order valence-corrected chi connectivity index (χ3v) is 5.34. The summed E-state index contributed by atoms with van der Waals surface area (Å²) >= 11 is 0. The van der Waals surface area contributed by atoms with E-state index in [0.717, 1.165) is 69.9 Å². The Labute approximate surface area is 154 Å². The average Bonchev–Trinajstić information content (AvgIpc) is 3.09. The highest BCUT2D eigenvalue weighted by atomic mass is 19.4. The largest absolute Gasteiger partial charge is 0.416 e. The molecule has 2 fully saturated rings. The van der Waals surface area contributed by atoms with Crippen LogP contribution in [-0.4, -0.2) is 55.6 Å². The van der Waals surface area contributed by atoms with Gasteiger partial charge in [0.05, 0.1) is 5.56 Å². The minimum absolute atomic E-state index is 0.533. The van der Waals surface area contributed by atoms with Crippen LogP contribution in [0.15, 0.2) is 18.2 Å². The van der Waals surface area contributed by atoms with E-state index in [-0.39, 0.29) is 0 Å². The van der Waals surface area contributed by atoms with Gasteiger partial charge in [-0.15, -0.1) is 0 Å². The molecule has 2 heterocycles. The van der Waals surface area contributed by atoms with Crippen LogP contribution in [-0.2, 0) is 12.7 Å². The van der Waals surface area contributed by atoms with E-state index in [9.17, 15) is 13.2 Å². The van der Waals surface area contributed by atoms with Crippen molar-refractivity contribution in [2.75, 3.05) is 50.7 Å². The van der Waals surface area contributed by atoms with Crippen molar-refractivity contribution < 1.29 is 13.2 Å². The summed E-state index contributed by atoms with van der Waals surface area (Å²) in [6.07, 6.45) is -2.04.